The molecular formula is C16H30N4O3. The first kappa shape index (κ1) is 19.7. The molecule has 1 N–H and O–H groups in total. The van der Waals surface area contributed by atoms with Gasteiger partial charge in [-0.25, -0.2) is 4.68 Å². The van der Waals surface area contributed by atoms with E-state index in [1.165, 1.54) is 6.42 Å². The van der Waals surface area contributed by atoms with E-state index in [1.54, 1.807) is 4.68 Å². The maximum Gasteiger partial charge on any atom is 0.119 e. The molecule has 7 nitrogen and oxygen atoms in total. The third-order valence-electron chi connectivity index (χ3n) is 3.34. The van der Waals surface area contributed by atoms with E-state index in [1.807, 2.05) is 13.1 Å². The number of aldehydes is 1. The Labute approximate surface area is 138 Å². The van der Waals surface area contributed by atoms with Gasteiger partial charge in [0, 0.05) is 19.2 Å². The molecule has 0 radical (unpaired) electrons. The van der Waals surface area contributed by atoms with Crippen LogP contribution in [0.4, 0.5) is 0 Å². The Hall–Kier alpha value is -1.31. The van der Waals surface area contributed by atoms with Gasteiger partial charge in [0.15, 0.2) is 0 Å². The molecule has 0 aromatic carbocycles. The van der Waals surface area contributed by atoms with E-state index in [2.05, 4.69) is 15.6 Å². The van der Waals surface area contributed by atoms with E-state index in [4.69, 9.17) is 9.47 Å². The van der Waals surface area contributed by atoms with Gasteiger partial charge in [0.05, 0.1) is 38.7 Å². The molecule has 0 saturated heterocycles. The zero-order valence-corrected chi connectivity index (χ0v) is 14.2. The molecule has 0 saturated carbocycles. The second kappa shape index (κ2) is 14.3. The van der Waals surface area contributed by atoms with E-state index in [-0.39, 0.29) is 0 Å². The van der Waals surface area contributed by atoms with Gasteiger partial charge in [-0.05, 0) is 26.3 Å². The Balaban J connectivity index is 1.72. The predicted molar refractivity (Wildman–Crippen MR) is 88.4 cm³/mol. The fourth-order valence-corrected chi connectivity index (χ4v) is 2.09. The van der Waals surface area contributed by atoms with Crippen LogP contribution >= 0.6 is 0 Å². The number of unbranched alkanes of at least 4 members (excludes halogenated alkanes) is 4. The minimum absolute atomic E-state index is 0.602. The van der Waals surface area contributed by atoms with E-state index in [0.29, 0.717) is 32.8 Å². The molecule has 1 rings (SSSR count). The number of carbonyl (C=O) groups excluding carboxylic acids is 1. The van der Waals surface area contributed by atoms with Crippen LogP contribution in [0, 0.1) is 6.92 Å². The minimum atomic E-state index is 0.602. The molecule has 1 aromatic heterocycles. The monoisotopic (exact) mass is 326 g/mol. The summed E-state index contributed by atoms with van der Waals surface area (Å²) in [6.07, 6.45) is 8.08. The number of rotatable bonds is 16. The number of nitrogens with one attached hydrogen (secondary N) is 1. The average molecular weight is 326 g/mol. The van der Waals surface area contributed by atoms with Crippen molar-refractivity contribution in [3.63, 3.8) is 0 Å². The number of hydrogen-bond donors (Lipinski definition) is 1. The summed E-state index contributed by atoms with van der Waals surface area (Å²) in [4.78, 5) is 10.1. The highest BCUT2D eigenvalue weighted by molar-refractivity contribution is 5.48. The zero-order valence-electron chi connectivity index (χ0n) is 14.2. The number of aryl methyl sites for hydroxylation is 1. The van der Waals surface area contributed by atoms with Crippen molar-refractivity contribution in [2.24, 2.45) is 0 Å². The number of ether oxygens (including phenoxy) is 2. The summed E-state index contributed by atoms with van der Waals surface area (Å²) in [6.45, 7) is 7.06. The second-order valence-electron chi connectivity index (χ2n) is 5.47. The topological polar surface area (TPSA) is 78.3 Å². The van der Waals surface area contributed by atoms with Crippen LogP contribution in [0.25, 0.3) is 0 Å². The standard InChI is InChI=1S/C16H30N4O3/c1-16-15-20(19-18-16)9-12-23-14-13-22-11-8-17-7-5-3-2-4-6-10-21/h10,15,17H,2-9,11-14H2,1H3. The largest absolute Gasteiger partial charge is 0.378 e. The van der Waals surface area contributed by atoms with Crippen LogP contribution < -0.4 is 5.32 Å². The summed E-state index contributed by atoms with van der Waals surface area (Å²) in [5.74, 6) is 0. The van der Waals surface area contributed by atoms with Crippen molar-refractivity contribution in [3.8, 4) is 0 Å². The van der Waals surface area contributed by atoms with Gasteiger partial charge in [0.2, 0.25) is 0 Å². The highest BCUT2D eigenvalue weighted by Crippen LogP contribution is 2.00. The molecule has 0 atom stereocenters. The van der Waals surface area contributed by atoms with Crippen molar-refractivity contribution in [3.05, 3.63) is 11.9 Å². The van der Waals surface area contributed by atoms with Crippen molar-refractivity contribution in [1.29, 1.82) is 0 Å². The summed E-state index contributed by atoms with van der Waals surface area (Å²) >= 11 is 0. The van der Waals surface area contributed by atoms with Crippen LogP contribution in [-0.4, -0.2) is 60.8 Å². The third-order valence-corrected chi connectivity index (χ3v) is 3.34. The molecule has 0 aliphatic rings. The SMILES string of the molecule is Cc1cn(CCOCCOCCNCCCCCCC=O)nn1. The molecule has 132 valence electrons. The summed E-state index contributed by atoms with van der Waals surface area (Å²) in [5, 5.41) is 11.2. The lowest BCUT2D eigenvalue weighted by molar-refractivity contribution is -0.107. The normalized spacial score (nSPS) is 11.0. The molecule has 0 amide bonds. The van der Waals surface area contributed by atoms with E-state index >= 15 is 0 Å². The Morgan fingerprint density at radius 3 is 2.61 bits per heavy atom. The van der Waals surface area contributed by atoms with Crippen molar-refractivity contribution >= 4 is 6.29 Å². The number of aromatic nitrogens is 3. The van der Waals surface area contributed by atoms with Crippen LogP contribution in [0.5, 0.6) is 0 Å². The Morgan fingerprint density at radius 1 is 1.09 bits per heavy atom. The van der Waals surface area contributed by atoms with Gasteiger partial charge in [0.1, 0.15) is 6.29 Å². The molecule has 0 aliphatic heterocycles. The first-order valence-corrected chi connectivity index (χ1v) is 8.49. The Kier molecular flexibility index (Phi) is 12.3. The molecule has 0 fully saturated rings. The lowest BCUT2D eigenvalue weighted by Crippen LogP contribution is -2.21. The number of hydrogen-bond acceptors (Lipinski definition) is 6. The molecule has 0 spiro atoms. The highest BCUT2D eigenvalue weighted by atomic mass is 16.5. The van der Waals surface area contributed by atoms with Crippen LogP contribution in [0.15, 0.2) is 6.20 Å². The summed E-state index contributed by atoms with van der Waals surface area (Å²) in [5.41, 5.74) is 0.918. The second-order valence-corrected chi connectivity index (χ2v) is 5.47. The molecule has 0 bridgehead atoms. The summed E-state index contributed by atoms with van der Waals surface area (Å²) in [6, 6.07) is 0. The lowest BCUT2D eigenvalue weighted by Gasteiger charge is -2.07. The number of carbonyl (C=O) groups is 1. The van der Waals surface area contributed by atoms with Gasteiger partial charge in [-0.2, -0.15) is 0 Å². The Morgan fingerprint density at radius 2 is 1.87 bits per heavy atom. The highest BCUT2D eigenvalue weighted by Gasteiger charge is 1.96. The molecule has 0 unspecified atom stereocenters. The van der Waals surface area contributed by atoms with Gasteiger partial charge in [0.25, 0.3) is 0 Å². The minimum Gasteiger partial charge on any atom is -0.378 e. The van der Waals surface area contributed by atoms with Gasteiger partial charge >= 0.3 is 0 Å². The van der Waals surface area contributed by atoms with Gasteiger partial charge in [-0.15, -0.1) is 5.10 Å². The summed E-state index contributed by atoms with van der Waals surface area (Å²) < 4.78 is 12.7. The van der Waals surface area contributed by atoms with Crippen molar-refractivity contribution in [2.75, 3.05) is 39.5 Å². The summed E-state index contributed by atoms with van der Waals surface area (Å²) in [7, 11) is 0. The predicted octanol–water partition coefficient (Wildman–Crippen LogP) is 1.36. The molecular weight excluding hydrogens is 296 g/mol. The van der Waals surface area contributed by atoms with Crippen molar-refractivity contribution < 1.29 is 14.3 Å². The van der Waals surface area contributed by atoms with E-state index < -0.39 is 0 Å². The van der Waals surface area contributed by atoms with Crippen molar-refractivity contribution in [2.45, 2.75) is 45.6 Å². The Bertz CT molecular complexity index is 398. The van der Waals surface area contributed by atoms with Gasteiger partial charge < -0.3 is 19.6 Å². The quantitative estimate of drug-likeness (QED) is 0.365. The maximum absolute atomic E-state index is 10.1. The van der Waals surface area contributed by atoms with Crippen LogP contribution in [-0.2, 0) is 20.8 Å². The molecule has 1 aromatic rings. The maximum atomic E-state index is 10.1. The molecule has 0 aliphatic carbocycles. The average Bonchev–Trinajstić information content (AvgIpc) is 2.96. The van der Waals surface area contributed by atoms with E-state index in [9.17, 15) is 4.79 Å². The van der Waals surface area contributed by atoms with E-state index in [0.717, 1.165) is 50.9 Å². The van der Waals surface area contributed by atoms with Crippen LogP contribution in [0.2, 0.25) is 0 Å². The first-order chi connectivity index (χ1) is 11.3. The first-order valence-electron chi connectivity index (χ1n) is 8.49. The van der Waals surface area contributed by atoms with Gasteiger partial charge in [-0.3, -0.25) is 0 Å². The van der Waals surface area contributed by atoms with Crippen LogP contribution in [0.1, 0.15) is 37.8 Å². The molecule has 1 heterocycles. The number of nitrogens with zero attached hydrogens (tertiary/aromatic N) is 3. The lowest BCUT2D eigenvalue weighted by atomic mass is 10.1. The van der Waals surface area contributed by atoms with Crippen LogP contribution in [0.3, 0.4) is 0 Å². The smallest absolute Gasteiger partial charge is 0.119 e. The van der Waals surface area contributed by atoms with Gasteiger partial charge in [-0.1, -0.05) is 18.1 Å². The fraction of sp³-hybridized carbons (Fsp3) is 0.812. The van der Waals surface area contributed by atoms with Crippen molar-refractivity contribution in [1.82, 2.24) is 20.3 Å². The fourth-order valence-electron chi connectivity index (χ4n) is 2.09. The third kappa shape index (κ3) is 11.9. The molecule has 7 heteroatoms. The molecule has 23 heavy (non-hydrogen) atoms. The zero-order chi connectivity index (χ0) is 16.6.